The lowest BCUT2D eigenvalue weighted by atomic mass is 9.95. The number of ether oxygens (including phenoxy) is 1. The highest BCUT2D eigenvalue weighted by molar-refractivity contribution is 5.79. The first-order valence-corrected chi connectivity index (χ1v) is 8.73. The Morgan fingerprint density at radius 2 is 1.85 bits per heavy atom. The Bertz CT molecular complexity index is 665. The van der Waals surface area contributed by atoms with E-state index in [1.54, 1.807) is 11.9 Å². The third-order valence-corrected chi connectivity index (χ3v) is 4.29. The standard InChI is InChI=1S/C19H26F2N2O3/c1-19(2,3)26-18(25)23-9-7-13(8-10-23)17(24)22(4)12-14-5-6-15(20)11-16(14)21/h5-6,11,13H,7-10,12H2,1-4H3. The number of hydrogen-bond acceptors (Lipinski definition) is 3. The van der Waals surface area contributed by atoms with Crippen LogP contribution in [-0.2, 0) is 16.1 Å². The second-order valence-corrected chi connectivity index (χ2v) is 7.67. The largest absolute Gasteiger partial charge is 0.444 e. The number of rotatable bonds is 3. The average Bonchev–Trinajstić information content (AvgIpc) is 2.55. The number of hydrogen-bond donors (Lipinski definition) is 0. The average molecular weight is 368 g/mol. The van der Waals surface area contributed by atoms with Gasteiger partial charge in [-0.25, -0.2) is 13.6 Å². The first-order valence-electron chi connectivity index (χ1n) is 8.73. The van der Waals surface area contributed by atoms with Gasteiger partial charge >= 0.3 is 6.09 Å². The smallest absolute Gasteiger partial charge is 0.410 e. The summed E-state index contributed by atoms with van der Waals surface area (Å²) in [5.41, 5.74) is -0.281. The van der Waals surface area contributed by atoms with Crippen molar-refractivity contribution in [2.24, 2.45) is 5.92 Å². The van der Waals surface area contributed by atoms with Gasteiger partial charge in [-0.3, -0.25) is 4.79 Å². The number of amides is 2. The molecule has 0 radical (unpaired) electrons. The van der Waals surface area contributed by atoms with Crippen LogP contribution in [0.5, 0.6) is 0 Å². The first-order chi connectivity index (χ1) is 12.1. The normalized spacial score (nSPS) is 15.7. The molecule has 1 saturated heterocycles. The number of carbonyl (C=O) groups is 2. The molecule has 0 aliphatic carbocycles. The van der Waals surface area contributed by atoms with Crippen LogP contribution >= 0.6 is 0 Å². The quantitative estimate of drug-likeness (QED) is 0.820. The van der Waals surface area contributed by atoms with Crippen LogP contribution in [0.2, 0.25) is 0 Å². The lowest BCUT2D eigenvalue weighted by Crippen LogP contribution is -2.45. The summed E-state index contributed by atoms with van der Waals surface area (Å²) < 4.78 is 32.1. The molecule has 1 aliphatic heterocycles. The first kappa shape index (κ1) is 20.1. The summed E-state index contributed by atoms with van der Waals surface area (Å²) >= 11 is 0. The lowest BCUT2D eigenvalue weighted by Gasteiger charge is -2.34. The van der Waals surface area contributed by atoms with E-state index in [1.807, 2.05) is 20.8 Å². The predicted octanol–water partition coefficient (Wildman–Crippen LogP) is 3.57. The van der Waals surface area contributed by atoms with Crippen molar-refractivity contribution in [3.05, 3.63) is 35.4 Å². The highest BCUT2D eigenvalue weighted by Crippen LogP contribution is 2.22. The van der Waals surface area contributed by atoms with Crippen LogP contribution in [0.15, 0.2) is 18.2 Å². The molecule has 1 heterocycles. The molecule has 1 fully saturated rings. The number of halogens is 2. The van der Waals surface area contributed by atoms with Gasteiger partial charge in [0.2, 0.25) is 5.91 Å². The zero-order valence-corrected chi connectivity index (χ0v) is 15.7. The maximum Gasteiger partial charge on any atom is 0.410 e. The van der Waals surface area contributed by atoms with Crippen LogP contribution in [0, 0.1) is 17.6 Å². The number of piperidine rings is 1. The molecule has 26 heavy (non-hydrogen) atoms. The van der Waals surface area contributed by atoms with Crippen molar-refractivity contribution in [2.75, 3.05) is 20.1 Å². The van der Waals surface area contributed by atoms with Crippen molar-refractivity contribution < 1.29 is 23.1 Å². The molecule has 0 saturated carbocycles. The Morgan fingerprint density at radius 3 is 2.38 bits per heavy atom. The van der Waals surface area contributed by atoms with Crippen molar-refractivity contribution in [1.82, 2.24) is 9.80 Å². The Kier molecular flexibility index (Phi) is 6.21. The molecule has 0 aromatic heterocycles. The van der Waals surface area contributed by atoms with E-state index in [0.717, 1.165) is 6.07 Å². The highest BCUT2D eigenvalue weighted by Gasteiger charge is 2.31. The number of nitrogens with zero attached hydrogens (tertiary/aromatic N) is 2. The predicted molar refractivity (Wildman–Crippen MR) is 93.4 cm³/mol. The third kappa shape index (κ3) is 5.41. The Balaban J connectivity index is 1.88. The summed E-state index contributed by atoms with van der Waals surface area (Å²) in [7, 11) is 1.60. The fraction of sp³-hybridized carbons (Fsp3) is 0.579. The molecule has 0 bridgehead atoms. The Morgan fingerprint density at radius 1 is 1.23 bits per heavy atom. The van der Waals surface area contributed by atoms with E-state index in [0.29, 0.717) is 25.9 Å². The topological polar surface area (TPSA) is 49.9 Å². The molecular formula is C19H26F2N2O3. The van der Waals surface area contributed by atoms with Crippen molar-refractivity contribution in [1.29, 1.82) is 0 Å². The molecule has 1 aliphatic rings. The van der Waals surface area contributed by atoms with Gasteiger partial charge in [-0.05, 0) is 39.7 Å². The van der Waals surface area contributed by atoms with Gasteiger partial charge in [0.05, 0.1) is 0 Å². The van der Waals surface area contributed by atoms with Crippen LogP contribution in [0.1, 0.15) is 39.2 Å². The number of likely N-dealkylation sites (tertiary alicyclic amines) is 1. The second-order valence-electron chi connectivity index (χ2n) is 7.67. The second kappa shape index (κ2) is 8.01. The van der Waals surface area contributed by atoms with E-state index in [-0.39, 0.29) is 30.0 Å². The summed E-state index contributed by atoms with van der Waals surface area (Å²) in [5, 5.41) is 0. The summed E-state index contributed by atoms with van der Waals surface area (Å²) in [6.45, 7) is 6.41. The summed E-state index contributed by atoms with van der Waals surface area (Å²) in [5.74, 6) is -1.63. The van der Waals surface area contributed by atoms with Crippen molar-refractivity contribution >= 4 is 12.0 Å². The summed E-state index contributed by atoms with van der Waals surface area (Å²) in [6, 6.07) is 3.34. The van der Waals surface area contributed by atoms with Crippen LogP contribution in [0.25, 0.3) is 0 Å². The highest BCUT2D eigenvalue weighted by atomic mass is 19.1. The molecule has 2 amide bonds. The van der Waals surface area contributed by atoms with E-state index in [4.69, 9.17) is 4.74 Å². The maximum absolute atomic E-state index is 13.8. The van der Waals surface area contributed by atoms with Gasteiger partial charge in [0, 0.05) is 44.2 Å². The molecule has 0 atom stereocenters. The van der Waals surface area contributed by atoms with Crippen LogP contribution in [0.3, 0.4) is 0 Å². The monoisotopic (exact) mass is 368 g/mol. The fourth-order valence-corrected chi connectivity index (χ4v) is 2.93. The maximum atomic E-state index is 13.8. The Hall–Kier alpha value is -2.18. The van der Waals surface area contributed by atoms with Gasteiger partial charge in [-0.1, -0.05) is 6.07 Å². The van der Waals surface area contributed by atoms with E-state index in [2.05, 4.69) is 0 Å². The fourth-order valence-electron chi connectivity index (χ4n) is 2.93. The number of carbonyl (C=O) groups excluding carboxylic acids is 2. The van der Waals surface area contributed by atoms with Gasteiger partial charge in [-0.2, -0.15) is 0 Å². The molecule has 2 rings (SSSR count). The minimum atomic E-state index is -0.663. The summed E-state index contributed by atoms with van der Waals surface area (Å²) in [6.07, 6.45) is 0.702. The zero-order valence-electron chi connectivity index (χ0n) is 15.7. The molecule has 0 unspecified atom stereocenters. The van der Waals surface area contributed by atoms with Crippen molar-refractivity contribution in [3.63, 3.8) is 0 Å². The van der Waals surface area contributed by atoms with Crippen LogP contribution in [-0.4, -0.2) is 47.5 Å². The van der Waals surface area contributed by atoms with E-state index < -0.39 is 17.2 Å². The Labute approximate surface area is 152 Å². The molecule has 144 valence electrons. The van der Waals surface area contributed by atoms with Gasteiger partial charge in [0.15, 0.2) is 0 Å². The molecular weight excluding hydrogens is 342 g/mol. The molecule has 0 N–H and O–H groups in total. The molecule has 5 nitrogen and oxygen atoms in total. The van der Waals surface area contributed by atoms with E-state index in [1.165, 1.54) is 17.0 Å². The summed E-state index contributed by atoms with van der Waals surface area (Å²) in [4.78, 5) is 27.7. The minimum absolute atomic E-state index is 0.0806. The van der Waals surface area contributed by atoms with Gasteiger partial charge < -0.3 is 14.5 Å². The van der Waals surface area contributed by atoms with Crippen molar-refractivity contribution in [2.45, 2.75) is 45.8 Å². The lowest BCUT2D eigenvalue weighted by molar-refractivity contribution is -0.136. The number of benzene rings is 1. The molecule has 1 aromatic carbocycles. The molecule has 1 aromatic rings. The van der Waals surface area contributed by atoms with Crippen LogP contribution < -0.4 is 0 Å². The van der Waals surface area contributed by atoms with E-state index in [9.17, 15) is 18.4 Å². The van der Waals surface area contributed by atoms with E-state index >= 15 is 0 Å². The van der Waals surface area contributed by atoms with Gasteiger partial charge in [0.1, 0.15) is 17.2 Å². The van der Waals surface area contributed by atoms with Gasteiger partial charge in [0.25, 0.3) is 0 Å². The van der Waals surface area contributed by atoms with Gasteiger partial charge in [-0.15, -0.1) is 0 Å². The van der Waals surface area contributed by atoms with Crippen molar-refractivity contribution in [3.8, 4) is 0 Å². The molecule has 7 heteroatoms. The minimum Gasteiger partial charge on any atom is -0.444 e. The molecule has 0 spiro atoms. The SMILES string of the molecule is CN(Cc1ccc(F)cc1F)C(=O)C1CCN(C(=O)OC(C)(C)C)CC1. The van der Waals surface area contributed by atoms with Crippen LogP contribution in [0.4, 0.5) is 13.6 Å². The zero-order chi connectivity index (χ0) is 19.5. The third-order valence-electron chi connectivity index (χ3n) is 4.29.